The third kappa shape index (κ3) is 4.07. The molecule has 0 atom stereocenters. The van der Waals surface area contributed by atoms with Crippen LogP contribution in [0.4, 0.5) is 4.39 Å². The molecule has 28 heavy (non-hydrogen) atoms. The number of benzene rings is 2. The van der Waals surface area contributed by atoms with E-state index in [0.717, 1.165) is 5.56 Å². The minimum absolute atomic E-state index is 0.205. The maximum atomic E-state index is 13.9. The Morgan fingerprint density at radius 2 is 1.68 bits per heavy atom. The molecule has 0 bridgehead atoms. The van der Waals surface area contributed by atoms with Crippen molar-refractivity contribution in [1.29, 1.82) is 0 Å². The Balaban J connectivity index is 1.83. The van der Waals surface area contributed by atoms with Crippen molar-refractivity contribution in [3.05, 3.63) is 57.9 Å². The van der Waals surface area contributed by atoms with Gasteiger partial charge in [-0.25, -0.2) is 9.37 Å². The first-order valence-electron chi connectivity index (χ1n) is 8.61. The van der Waals surface area contributed by atoms with Crippen LogP contribution in [0.25, 0.3) is 10.9 Å². The lowest BCUT2D eigenvalue weighted by Crippen LogP contribution is -2.22. The normalized spacial score (nSPS) is 11.1. The van der Waals surface area contributed by atoms with E-state index in [-0.39, 0.29) is 11.3 Å². The third-order valence-corrected chi connectivity index (χ3v) is 4.35. The van der Waals surface area contributed by atoms with E-state index in [1.165, 1.54) is 27.4 Å². The molecule has 0 saturated carbocycles. The molecular formula is C20H22FN3O4. The average Bonchev–Trinajstić information content (AvgIpc) is 2.67. The maximum absolute atomic E-state index is 13.9. The Bertz CT molecular complexity index is 1050. The lowest BCUT2D eigenvalue weighted by Gasteiger charge is -2.17. The Labute approximate surface area is 161 Å². The van der Waals surface area contributed by atoms with Crippen molar-refractivity contribution >= 4 is 10.9 Å². The fourth-order valence-corrected chi connectivity index (χ4v) is 3.02. The highest BCUT2D eigenvalue weighted by Gasteiger charge is 2.12. The number of H-pyrrole nitrogens is 1. The number of aromatic nitrogens is 2. The van der Waals surface area contributed by atoms with E-state index in [4.69, 9.17) is 14.2 Å². The average molecular weight is 387 g/mol. The Kier molecular flexibility index (Phi) is 5.79. The molecule has 0 fully saturated rings. The second kappa shape index (κ2) is 8.26. The summed E-state index contributed by atoms with van der Waals surface area (Å²) >= 11 is 0. The number of aromatic amines is 1. The first-order valence-corrected chi connectivity index (χ1v) is 8.61. The Morgan fingerprint density at radius 3 is 2.32 bits per heavy atom. The third-order valence-electron chi connectivity index (χ3n) is 4.35. The van der Waals surface area contributed by atoms with Crippen molar-refractivity contribution in [2.45, 2.75) is 13.1 Å². The van der Waals surface area contributed by atoms with Crippen LogP contribution in [0, 0.1) is 5.82 Å². The van der Waals surface area contributed by atoms with Crippen LogP contribution in [0.1, 0.15) is 11.4 Å². The van der Waals surface area contributed by atoms with Crippen LogP contribution < -0.4 is 19.8 Å². The number of nitrogens with one attached hydrogen (secondary N) is 1. The fourth-order valence-electron chi connectivity index (χ4n) is 3.02. The second-order valence-electron chi connectivity index (χ2n) is 6.38. The van der Waals surface area contributed by atoms with Gasteiger partial charge in [0.25, 0.3) is 5.56 Å². The molecular weight excluding hydrogens is 365 g/mol. The summed E-state index contributed by atoms with van der Waals surface area (Å²) in [4.78, 5) is 21.7. The van der Waals surface area contributed by atoms with E-state index in [9.17, 15) is 9.18 Å². The number of fused-ring (bicyclic) bond motifs is 1. The van der Waals surface area contributed by atoms with Gasteiger partial charge in [0.05, 0.1) is 38.8 Å². The number of hydrogen-bond acceptors (Lipinski definition) is 6. The Morgan fingerprint density at radius 1 is 1.00 bits per heavy atom. The van der Waals surface area contributed by atoms with E-state index >= 15 is 0 Å². The monoisotopic (exact) mass is 387 g/mol. The van der Waals surface area contributed by atoms with E-state index < -0.39 is 5.82 Å². The van der Waals surface area contributed by atoms with Crippen molar-refractivity contribution < 1.29 is 18.6 Å². The molecule has 0 aliphatic rings. The molecule has 3 aromatic rings. The number of halogens is 1. The summed E-state index contributed by atoms with van der Waals surface area (Å²) in [5.74, 6) is 1.26. The number of hydrogen-bond donors (Lipinski definition) is 1. The minimum atomic E-state index is -0.410. The summed E-state index contributed by atoms with van der Waals surface area (Å²) in [6.07, 6.45) is 0. The summed E-state index contributed by atoms with van der Waals surface area (Å²) < 4.78 is 29.3. The first-order chi connectivity index (χ1) is 13.4. The van der Waals surface area contributed by atoms with Crippen molar-refractivity contribution in [2.24, 2.45) is 0 Å². The van der Waals surface area contributed by atoms with Gasteiger partial charge >= 0.3 is 0 Å². The zero-order valence-electron chi connectivity index (χ0n) is 16.2. The van der Waals surface area contributed by atoms with Crippen LogP contribution in [0.5, 0.6) is 17.2 Å². The zero-order valence-corrected chi connectivity index (χ0v) is 16.2. The lowest BCUT2D eigenvalue weighted by molar-refractivity contribution is 0.309. The number of nitrogens with zero attached hydrogens (tertiary/aromatic N) is 2. The first kappa shape index (κ1) is 19.6. The lowest BCUT2D eigenvalue weighted by atomic mass is 10.2. The second-order valence-corrected chi connectivity index (χ2v) is 6.38. The van der Waals surface area contributed by atoms with E-state index in [2.05, 4.69) is 9.97 Å². The molecule has 0 amide bonds. The largest absolute Gasteiger partial charge is 0.494 e. The highest BCUT2D eigenvalue weighted by Crippen LogP contribution is 2.30. The van der Waals surface area contributed by atoms with Gasteiger partial charge < -0.3 is 19.2 Å². The number of rotatable bonds is 7. The van der Waals surface area contributed by atoms with Crippen LogP contribution in [-0.2, 0) is 13.1 Å². The van der Waals surface area contributed by atoms with Crippen molar-refractivity contribution in [2.75, 3.05) is 28.4 Å². The van der Waals surface area contributed by atoms with Gasteiger partial charge in [0.2, 0.25) is 0 Å². The van der Waals surface area contributed by atoms with Crippen molar-refractivity contribution in [1.82, 2.24) is 14.9 Å². The summed E-state index contributed by atoms with van der Waals surface area (Å²) in [5.41, 5.74) is 1.04. The SMILES string of the molecule is COc1ccc(CN(C)Cc2nc3cc(OC)c(OC)cc3c(=O)[nH]2)cc1F. The molecule has 0 aliphatic heterocycles. The van der Waals surface area contributed by atoms with Gasteiger partial charge in [0, 0.05) is 12.6 Å². The molecule has 1 N–H and O–H groups in total. The Hall–Kier alpha value is -3.13. The van der Waals surface area contributed by atoms with Gasteiger partial charge in [-0.2, -0.15) is 0 Å². The van der Waals surface area contributed by atoms with E-state index in [0.29, 0.717) is 41.3 Å². The van der Waals surface area contributed by atoms with Crippen LogP contribution in [-0.4, -0.2) is 43.2 Å². The van der Waals surface area contributed by atoms with Gasteiger partial charge in [-0.1, -0.05) is 6.07 Å². The van der Waals surface area contributed by atoms with Gasteiger partial charge in [-0.05, 0) is 30.8 Å². The van der Waals surface area contributed by atoms with Crippen molar-refractivity contribution in [3.63, 3.8) is 0 Å². The quantitative estimate of drug-likeness (QED) is 0.672. The number of methoxy groups -OCH3 is 3. The summed E-state index contributed by atoms with van der Waals surface area (Å²) in [6.45, 7) is 0.863. The van der Waals surface area contributed by atoms with Gasteiger partial charge in [0.15, 0.2) is 23.1 Å². The van der Waals surface area contributed by atoms with Gasteiger partial charge in [-0.3, -0.25) is 9.69 Å². The van der Waals surface area contributed by atoms with Crippen LogP contribution >= 0.6 is 0 Å². The molecule has 7 nitrogen and oxygen atoms in total. The predicted molar refractivity (Wildman–Crippen MR) is 104 cm³/mol. The summed E-state index contributed by atoms with van der Waals surface area (Å²) in [7, 11) is 6.33. The maximum Gasteiger partial charge on any atom is 0.258 e. The molecule has 3 rings (SSSR count). The molecule has 1 aromatic heterocycles. The zero-order chi connectivity index (χ0) is 20.3. The molecule has 0 spiro atoms. The molecule has 2 aromatic carbocycles. The van der Waals surface area contributed by atoms with Crippen LogP contribution in [0.3, 0.4) is 0 Å². The van der Waals surface area contributed by atoms with Crippen molar-refractivity contribution in [3.8, 4) is 17.2 Å². The molecule has 8 heteroatoms. The smallest absolute Gasteiger partial charge is 0.258 e. The fraction of sp³-hybridized carbons (Fsp3) is 0.300. The molecule has 0 radical (unpaired) electrons. The van der Waals surface area contributed by atoms with E-state index in [1.807, 2.05) is 11.9 Å². The predicted octanol–water partition coefficient (Wildman–Crippen LogP) is 2.72. The minimum Gasteiger partial charge on any atom is -0.494 e. The highest BCUT2D eigenvalue weighted by atomic mass is 19.1. The summed E-state index contributed by atoms with van der Waals surface area (Å²) in [5, 5.41) is 0.418. The standard InChI is InChI=1S/C20H22FN3O4/c1-24(10-12-5-6-16(26-2)14(21)7-12)11-19-22-15-9-18(28-4)17(27-3)8-13(15)20(25)23-19/h5-9H,10-11H2,1-4H3,(H,22,23,25). The molecule has 1 heterocycles. The van der Waals surface area contributed by atoms with Crippen LogP contribution in [0.15, 0.2) is 35.1 Å². The van der Waals surface area contributed by atoms with Gasteiger partial charge in [-0.15, -0.1) is 0 Å². The summed E-state index contributed by atoms with van der Waals surface area (Å²) in [6, 6.07) is 8.10. The highest BCUT2D eigenvalue weighted by molar-refractivity contribution is 5.81. The molecule has 0 unspecified atom stereocenters. The number of ether oxygens (including phenoxy) is 3. The topological polar surface area (TPSA) is 76.7 Å². The van der Waals surface area contributed by atoms with Gasteiger partial charge in [0.1, 0.15) is 5.82 Å². The molecule has 0 aliphatic carbocycles. The molecule has 148 valence electrons. The van der Waals surface area contributed by atoms with E-state index in [1.54, 1.807) is 24.3 Å². The molecule has 0 saturated heterocycles. The van der Waals surface area contributed by atoms with Crippen LogP contribution in [0.2, 0.25) is 0 Å².